The summed E-state index contributed by atoms with van der Waals surface area (Å²) < 4.78 is 34.4. The van der Waals surface area contributed by atoms with Gasteiger partial charge in [-0.15, -0.1) is 0 Å². The molecule has 0 bridgehead atoms. The summed E-state index contributed by atoms with van der Waals surface area (Å²) in [6, 6.07) is 11.2. The molecule has 7 nitrogen and oxygen atoms in total. The monoisotopic (exact) mass is 360 g/mol. The Bertz CT molecular complexity index is 923. The molecule has 0 fully saturated rings. The van der Waals surface area contributed by atoms with E-state index in [1.54, 1.807) is 6.07 Å². The van der Waals surface area contributed by atoms with Crippen LogP contribution in [0.5, 0.6) is 5.75 Å². The minimum atomic E-state index is -3.04. The average Bonchev–Trinajstić information content (AvgIpc) is 2.96. The van der Waals surface area contributed by atoms with Gasteiger partial charge in [-0.3, -0.25) is 10.1 Å². The van der Waals surface area contributed by atoms with Crippen molar-refractivity contribution in [2.24, 2.45) is 4.99 Å². The van der Waals surface area contributed by atoms with Gasteiger partial charge in [-0.25, -0.2) is 9.79 Å². The third-order valence-electron chi connectivity index (χ3n) is 3.36. The van der Waals surface area contributed by atoms with E-state index in [1.165, 1.54) is 48.5 Å². The minimum absolute atomic E-state index is 0.0688. The summed E-state index contributed by atoms with van der Waals surface area (Å²) in [6.07, 6.45) is 1.37. The SMILES string of the molecule is O=C1OC(c2ccccc2OC(F)F)=N/C1=C\c1ccc([N+](=O)[O-])cc1. The van der Waals surface area contributed by atoms with Gasteiger partial charge in [0, 0.05) is 12.1 Å². The van der Waals surface area contributed by atoms with Crippen molar-refractivity contribution in [3.63, 3.8) is 0 Å². The lowest BCUT2D eigenvalue weighted by atomic mass is 10.2. The number of cyclic esters (lactones) is 1. The molecule has 132 valence electrons. The van der Waals surface area contributed by atoms with Gasteiger partial charge < -0.3 is 9.47 Å². The predicted octanol–water partition coefficient (Wildman–Crippen LogP) is 3.54. The standard InChI is InChI=1S/C17H10F2N2O5/c18-17(19)25-14-4-2-1-3-12(14)15-20-13(16(22)26-15)9-10-5-7-11(8-6-10)21(23)24/h1-9,17H/b13-9-. The minimum Gasteiger partial charge on any atom is -0.434 e. The molecule has 0 radical (unpaired) electrons. The van der Waals surface area contributed by atoms with Crippen molar-refractivity contribution in [3.8, 4) is 5.75 Å². The largest absolute Gasteiger partial charge is 0.434 e. The third-order valence-corrected chi connectivity index (χ3v) is 3.36. The summed E-state index contributed by atoms with van der Waals surface area (Å²) in [5.74, 6) is -1.12. The van der Waals surface area contributed by atoms with E-state index in [1.807, 2.05) is 0 Å². The Balaban J connectivity index is 1.91. The number of nitro benzene ring substituents is 1. The molecule has 0 saturated heterocycles. The second-order valence-electron chi connectivity index (χ2n) is 5.06. The van der Waals surface area contributed by atoms with Crippen molar-refractivity contribution in [1.29, 1.82) is 0 Å². The molecule has 0 atom stereocenters. The number of alkyl halides is 2. The maximum absolute atomic E-state index is 12.5. The van der Waals surface area contributed by atoms with Crippen LogP contribution in [0.25, 0.3) is 6.08 Å². The van der Waals surface area contributed by atoms with Gasteiger partial charge in [-0.2, -0.15) is 8.78 Å². The van der Waals surface area contributed by atoms with E-state index in [4.69, 9.17) is 4.74 Å². The van der Waals surface area contributed by atoms with Crippen LogP contribution in [-0.2, 0) is 9.53 Å². The van der Waals surface area contributed by atoms with Gasteiger partial charge in [0.25, 0.3) is 5.69 Å². The highest BCUT2D eigenvalue weighted by molar-refractivity contribution is 6.13. The van der Waals surface area contributed by atoms with E-state index in [0.29, 0.717) is 5.56 Å². The van der Waals surface area contributed by atoms with E-state index < -0.39 is 17.5 Å². The lowest BCUT2D eigenvalue weighted by Gasteiger charge is -2.08. The number of esters is 1. The maximum atomic E-state index is 12.5. The zero-order valence-corrected chi connectivity index (χ0v) is 13.0. The molecular formula is C17H10F2N2O5. The third kappa shape index (κ3) is 3.72. The summed E-state index contributed by atoms with van der Waals surface area (Å²) in [4.78, 5) is 26.1. The molecule has 0 aliphatic carbocycles. The van der Waals surface area contributed by atoms with E-state index in [0.717, 1.165) is 0 Å². The van der Waals surface area contributed by atoms with Crippen molar-refractivity contribution < 1.29 is 28.0 Å². The molecule has 1 aliphatic rings. The Hall–Kier alpha value is -3.62. The first kappa shape index (κ1) is 17.2. The van der Waals surface area contributed by atoms with Crippen LogP contribution in [0, 0.1) is 10.1 Å². The molecule has 1 heterocycles. The highest BCUT2D eigenvalue weighted by atomic mass is 19.3. The molecule has 2 aromatic carbocycles. The number of para-hydroxylation sites is 1. The number of non-ortho nitro benzene ring substituents is 1. The fourth-order valence-corrected chi connectivity index (χ4v) is 2.22. The van der Waals surface area contributed by atoms with Crippen LogP contribution in [0.15, 0.2) is 59.2 Å². The van der Waals surface area contributed by atoms with Crippen LogP contribution in [0.4, 0.5) is 14.5 Å². The Morgan fingerprint density at radius 1 is 1.15 bits per heavy atom. The highest BCUT2D eigenvalue weighted by Crippen LogP contribution is 2.26. The molecule has 0 N–H and O–H groups in total. The number of rotatable bonds is 5. The second kappa shape index (κ2) is 7.09. The molecule has 0 spiro atoms. The quantitative estimate of drug-likeness (QED) is 0.352. The molecule has 9 heteroatoms. The first-order chi connectivity index (χ1) is 12.4. The number of hydrogen-bond donors (Lipinski definition) is 0. The molecule has 26 heavy (non-hydrogen) atoms. The van der Waals surface area contributed by atoms with E-state index in [-0.39, 0.29) is 28.6 Å². The fourth-order valence-electron chi connectivity index (χ4n) is 2.22. The number of aliphatic imine (C=N–C) groups is 1. The van der Waals surface area contributed by atoms with Crippen molar-refractivity contribution in [1.82, 2.24) is 0 Å². The van der Waals surface area contributed by atoms with Gasteiger partial charge in [0.2, 0.25) is 5.90 Å². The van der Waals surface area contributed by atoms with Gasteiger partial charge in [-0.1, -0.05) is 12.1 Å². The average molecular weight is 360 g/mol. The molecule has 0 aromatic heterocycles. The molecule has 0 unspecified atom stereocenters. The fraction of sp³-hybridized carbons (Fsp3) is 0.0588. The van der Waals surface area contributed by atoms with Crippen molar-refractivity contribution in [2.45, 2.75) is 6.61 Å². The van der Waals surface area contributed by atoms with Crippen molar-refractivity contribution >= 4 is 23.6 Å². The lowest BCUT2D eigenvalue weighted by molar-refractivity contribution is -0.384. The number of ether oxygens (including phenoxy) is 2. The number of carbonyl (C=O) groups excluding carboxylic acids is 1. The van der Waals surface area contributed by atoms with Crippen molar-refractivity contribution in [3.05, 3.63) is 75.5 Å². The van der Waals surface area contributed by atoms with Gasteiger partial charge in [0.05, 0.1) is 10.5 Å². The Labute approximate surface area is 145 Å². The number of nitro groups is 1. The van der Waals surface area contributed by atoms with E-state index in [9.17, 15) is 23.7 Å². The summed E-state index contributed by atoms with van der Waals surface area (Å²) in [5, 5.41) is 10.6. The van der Waals surface area contributed by atoms with Crippen LogP contribution >= 0.6 is 0 Å². The summed E-state index contributed by atoms with van der Waals surface area (Å²) >= 11 is 0. The zero-order valence-electron chi connectivity index (χ0n) is 13.0. The van der Waals surface area contributed by atoms with Gasteiger partial charge in [0.1, 0.15) is 5.75 Å². The molecular weight excluding hydrogens is 350 g/mol. The normalized spacial score (nSPS) is 15.1. The Kier molecular flexibility index (Phi) is 4.70. The molecule has 3 rings (SSSR count). The molecule has 1 aliphatic heterocycles. The molecule has 0 saturated carbocycles. The van der Waals surface area contributed by atoms with Gasteiger partial charge >= 0.3 is 12.6 Å². The summed E-state index contributed by atoms with van der Waals surface area (Å²) in [7, 11) is 0. The number of hydrogen-bond acceptors (Lipinski definition) is 6. The first-order valence-electron chi connectivity index (χ1n) is 7.25. The Morgan fingerprint density at radius 3 is 2.50 bits per heavy atom. The molecule has 0 amide bonds. The van der Waals surface area contributed by atoms with Crippen LogP contribution < -0.4 is 4.74 Å². The van der Waals surface area contributed by atoms with Crippen LogP contribution in [0.2, 0.25) is 0 Å². The first-order valence-corrected chi connectivity index (χ1v) is 7.25. The highest BCUT2D eigenvalue weighted by Gasteiger charge is 2.27. The smallest absolute Gasteiger partial charge is 0.387 e. The van der Waals surface area contributed by atoms with Gasteiger partial charge in [0.15, 0.2) is 5.70 Å². The summed E-state index contributed by atoms with van der Waals surface area (Å²) in [6.45, 7) is -3.04. The van der Waals surface area contributed by atoms with Gasteiger partial charge in [-0.05, 0) is 35.9 Å². The maximum Gasteiger partial charge on any atom is 0.387 e. The van der Waals surface area contributed by atoms with E-state index >= 15 is 0 Å². The van der Waals surface area contributed by atoms with Crippen LogP contribution in [-0.4, -0.2) is 23.4 Å². The lowest BCUT2D eigenvalue weighted by Crippen LogP contribution is -2.10. The Morgan fingerprint density at radius 2 is 1.85 bits per heavy atom. The second-order valence-corrected chi connectivity index (χ2v) is 5.06. The predicted molar refractivity (Wildman–Crippen MR) is 86.8 cm³/mol. The van der Waals surface area contributed by atoms with Crippen molar-refractivity contribution in [2.75, 3.05) is 0 Å². The number of carbonyl (C=O) groups is 1. The van der Waals surface area contributed by atoms with E-state index in [2.05, 4.69) is 9.73 Å². The number of benzene rings is 2. The summed E-state index contributed by atoms with van der Waals surface area (Å²) in [5.41, 5.74) is 0.432. The zero-order chi connectivity index (χ0) is 18.7. The topological polar surface area (TPSA) is 91.0 Å². The number of halogens is 2. The molecule has 2 aromatic rings. The number of nitrogens with zero attached hydrogens (tertiary/aromatic N) is 2. The van der Waals surface area contributed by atoms with Crippen LogP contribution in [0.3, 0.4) is 0 Å². The van der Waals surface area contributed by atoms with Crippen LogP contribution in [0.1, 0.15) is 11.1 Å².